The van der Waals surface area contributed by atoms with Crippen LogP contribution in [0.4, 0.5) is 11.4 Å². The first-order chi connectivity index (χ1) is 13.3. The van der Waals surface area contributed by atoms with Crippen molar-refractivity contribution in [2.45, 2.75) is 37.0 Å². The first-order valence-electron chi connectivity index (χ1n) is 8.92. The van der Waals surface area contributed by atoms with Crippen molar-refractivity contribution in [1.29, 1.82) is 0 Å². The highest BCUT2D eigenvalue weighted by atomic mass is 35.5. The average molecular weight is 442 g/mol. The van der Waals surface area contributed by atoms with Crippen molar-refractivity contribution in [3.05, 3.63) is 51.5 Å². The number of nitrogens with one attached hydrogen (secondary N) is 2. The third-order valence-corrected chi connectivity index (χ3v) is 6.72. The van der Waals surface area contributed by atoms with Gasteiger partial charge in [0.15, 0.2) is 0 Å². The quantitative estimate of drug-likeness (QED) is 0.593. The molecule has 150 valence electrons. The molecule has 2 aromatic carbocycles. The monoisotopic (exact) mass is 441 g/mol. The summed E-state index contributed by atoms with van der Waals surface area (Å²) in [5.41, 5.74) is 8.58. The normalized spacial score (nSPS) is 13.8. The second kappa shape index (κ2) is 8.69. The van der Waals surface area contributed by atoms with E-state index in [9.17, 15) is 13.2 Å². The van der Waals surface area contributed by atoms with Crippen LogP contribution in [0.5, 0.6) is 0 Å². The lowest BCUT2D eigenvalue weighted by atomic mass is 9.92. The number of carbonyl (C=O) groups is 1. The molecule has 1 amide bonds. The summed E-state index contributed by atoms with van der Waals surface area (Å²) in [4.78, 5) is 12.3. The van der Waals surface area contributed by atoms with E-state index in [0.717, 1.165) is 31.2 Å². The standard InChI is InChI=1S/C19H21Cl2N3O3S/c20-16-10-14(11-17(21)19(16)22)24-18(25)7-8-23-28(26,27)15-6-5-12-3-1-2-4-13(12)9-15/h5-6,9-11,23H,1-4,7-8,22H2,(H,24,25). The molecule has 0 atom stereocenters. The molecule has 0 fully saturated rings. The summed E-state index contributed by atoms with van der Waals surface area (Å²) in [7, 11) is -3.67. The van der Waals surface area contributed by atoms with Crippen LogP contribution in [-0.2, 0) is 27.7 Å². The largest absolute Gasteiger partial charge is 0.396 e. The second-order valence-corrected chi connectivity index (χ2v) is 9.27. The van der Waals surface area contributed by atoms with Crippen LogP contribution in [-0.4, -0.2) is 20.9 Å². The van der Waals surface area contributed by atoms with Gasteiger partial charge in [0, 0.05) is 18.7 Å². The molecule has 0 unspecified atom stereocenters. The lowest BCUT2D eigenvalue weighted by Crippen LogP contribution is -2.28. The van der Waals surface area contributed by atoms with Crippen molar-refractivity contribution in [3.63, 3.8) is 0 Å². The van der Waals surface area contributed by atoms with Gasteiger partial charge in [0.25, 0.3) is 0 Å². The van der Waals surface area contributed by atoms with Gasteiger partial charge in [-0.15, -0.1) is 0 Å². The van der Waals surface area contributed by atoms with E-state index in [4.69, 9.17) is 28.9 Å². The van der Waals surface area contributed by atoms with Gasteiger partial charge in [-0.05, 0) is 61.1 Å². The van der Waals surface area contributed by atoms with Gasteiger partial charge in [0.05, 0.1) is 20.6 Å². The minimum absolute atomic E-state index is 0.0261. The molecule has 3 rings (SSSR count). The average Bonchev–Trinajstić information content (AvgIpc) is 2.65. The highest BCUT2D eigenvalue weighted by molar-refractivity contribution is 7.89. The number of fused-ring (bicyclic) bond motifs is 1. The predicted octanol–water partition coefficient (Wildman–Crippen LogP) is 3.76. The number of nitrogen functional groups attached to an aromatic ring is 1. The Labute approximate surface area is 174 Å². The summed E-state index contributed by atoms with van der Waals surface area (Å²) >= 11 is 11.9. The number of carbonyl (C=O) groups excluding carboxylic acids is 1. The molecule has 4 N–H and O–H groups in total. The molecule has 0 aliphatic heterocycles. The number of halogens is 2. The van der Waals surface area contributed by atoms with Gasteiger partial charge in [0.2, 0.25) is 15.9 Å². The van der Waals surface area contributed by atoms with Gasteiger partial charge in [-0.25, -0.2) is 13.1 Å². The van der Waals surface area contributed by atoms with E-state index in [0.29, 0.717) is 5.69 Å². The van der Waals surface area contributed by atoms with E-state index >= 15 is 0 Å². The fraction of sp³-hybridized carbons (Fsp3) is 0.316. The Balaban J connectivity index is 1.57. The van der Waals surface area contributed by atoms with E-state index < -0.39 is 10.0 Å². The van der Waals surface area contributed by atoms with Crippen LogP contribution in [0.15, 0.2) is 35.2 Å². The molecular weight excluding hydrogens is 421 g/mol. The molecule has 1 aliphatic rings. The Hall–Kier alpha value is -1.80. The van der Waals surface area contributed by atoms with Crippen molar-refractivity contribution in [2.24, 2.45) is 0 Å². The lowest BCUT2D eigenvalue weighted by Gasteiger charge is -2.16. The minimum atomic E-state index is -3.67. The van der Waals surface area contributed by atoms with Crippen LogP contribution in [0.25, 0.3) is 0 Å². The first-order valence-corrected chi connectivity index (χ1v) is 11.2. The maximum atomic E-state index is 12.5. The molecule has 0 heterocycles. The van der Waals surface area contributed by atoms with E-state index in [1.54, 1.807) is 12.1 Å². The SMILES string of the molecule is Nc1c(Cl)cc(NC(=O)CCNS(=O)(=O)c2ccc3c(c2)CCCC3)cc1Cl. The number of aryl methyl sites for hydroxylation is 2. The number of hydrogen-bond donors (Lipinski definition) is 3. The molecule has 9 heteroatoms. The van der Waals surface area contributed by atoms with Crippen LogP contribution in [0.1, 0.15) is 30.4 Å². The molecule has 0 saturated heterocycles. The van der Waals surface area contributed by atoms with Crippen LogP contribution in [0, 0.1) is 0 Å². The number of sulfonamides is 1. The third kappa shape index (κ3) is 4.97. The van der Waals surface area contributed by atoms with E-state index in [-0.39, 0.29) is 39.5 Å². The molecule has 1 aliphatic carbocycles. The van der Waals surface area contributed by atoms with E-state index in [2.05, 4.69) is 10.0 Å². The number of anilines is 2. The number of benzene rings is 2. The number of amides is 1. The zero-order valence-electron chi connectivity index (χ0n) is 15.1. The summed E-state index contributed by atoms with van der Waals surface area (Å²) in [6, 6.07) is 8.19. The first kappa shape index (κ1) is 20.9. The van der Waals surface area contributed by atoms with Crippen LogP contribution in [0.3, 0.4) is 0 Å². The Morgan fingerprint density at radius 1 is 1.04 bits per heavy atom. The van der Waals surface area contributed by atoms with E-state index in [1.807, 2.05) is 6.07 Å². The van der Waals surface area contributed by atoms with Gasteiger partial charge in [-0.2, -0.15) is 0 Å². The molecule has 6 nitrogen and oxygen atoms in total. The number of nitrogens with two attached hydrogens (primary N) is 1. The van der Waals surface area contributed by atoms with Crippen molar-refractivity contribution >= 4 is 50.5 Å². The zero-order valence-corrected chi connectivity index (χ0v) is 17.4. The summed E-state index contributed by atoms with van der Waals surface area (Å²) < 4.78 is 27.5. The Morgan fingerprint density at radius 3 is 2.36 bits per heavy atom. The van der Waals surface area contributed by atoms with Gasteiger partial charge in [-0.3, -0.25) is 4.79 Å². The number of rotatable bonds is 6. The lowest BCUT2D eigenvalue weighted by molar-refractivity contribution is -0.116. The van der Waals surface area contributed by atoms with Crippen molar-refractivity contribution < 1.29 is 13.2 Å². The van der Waals surface area contributed by atoms with Gasteiger partial charge < -0.3 is 11.1 Å². The fourth-order valence-corrected chi connectivity index (χ4v) is 4.71. The molecule has 0 saturated carbocycles. The van der Waals surface area contributed by atoms with Crippen molar-refractivity contribution in [3.8, 4) is 0 Å². The summed E-state index contributed by atoms with van der Waals surface area (Å²) in [6.07, 6.45) is 4.06. The van der Waals surface area contributed by atoms with Crippen LogP contribution < -0.4 is 15.8 Å². The highest BCUT2D eigenvalue weighted by Crippen LogP contribution is 2.31. The molecule has 0 spiro atoms. The Morgan fingerprint density at radius 2 is 1.68 bits per heavy atom. The molecule has 0 bridgehead atoms. The Bertz CT molecular complexity index is 986. The topological polar surface area (TPSA) is 101 Å². The zero-order chi connectivity index (χ0) is 20.3. The summed E-state index contributed by atoms with van der Waals surface area (Å²) in [5.74, 6) is -0.370. The molecule has 0 radical (unpaired) electrons. The van der Waals surface area contributed by atoms with Gasteiger partial charge >= 0.3 is 0 Å². The van der Waals surface area contributed by atoms with E-state index in [1.165, 1.54) is 17.7 Å². The maximum absolute atomic E-state index is 12.5. The molecule has 2 aromatic rings. The minimum Gasteiger partial charge on any atom is -0.396 e. The maximum Gasteiger partial charge on any atom is 0.240 e. The molecular formula is C19H21Cl2N3O3S. The summed E-state index contributed by atoms with van der Waals surface area (Å²) in [5, 5.41) is 3.08. The highest BCUT2D eigenvalue weighted by Gasteiger charge is 2.18. The fourth-order valence-electron chi connectivity index (χ4n) is 3.14. The Kier molecular flexibility index (Phi) is 6.50. The van der Waals surface area contributed by atoms with Gasteiger partial charge in [0.1, 0.15) is 0 Å². The third-order valence-electron chi connectivity index (χ3n) is 4.64. The predicted molar refractivity (Wildman–Crippen MR) is 112 cm³/mol. The smallest absolute Gasteiger partial charge is 0.240 e. The van der Waals surface area contributed by atoms with Crippen molar-refractivity contribution in [1.82, 2.24) is 4.72 Å². The van der Waals surface area contributed by atoms with Crippen LogP contribution >= 0.6 is 23.2 Å². The molecule has 28 heavy (non-hydrogen) atoms. The molecule has 0 aromatic heterocycles. The summed E-state index contributed by atoms with van der Waals surface area (Å²) in [6.45, 7) is -0.0261. The second-order valence-electron chi connectivity index (χ2n) is 6.69. The number of hydrogen-bond acceptors (Lipinski definition) is 4. The van der Waals surface area contributed by atoms with Crippen molar-refractivity contribution in [2.75, 3.05) is 17.6 Å². The van der Waals surface area contributed by atoms with Crippen LogP contribution in [0.2, 0.25) is 10.0 Å². The van der Waals surface area contributed by atoms with Gasteiger partial charge in [-0.1, -0.05) is 29.3 Å².